The van der Waals surface area contributed by atoms with Crippen molar-refractivity contribution in [1.29, 1.82) is 0 Å². The van der Waals surface area contributed by atoms with Crippen molar-refractivity contribution < 1.29 is 32.7 Å². The van der Waals surface area contributed by atoms with Gasteiger partial charge in [0.05, 0.1) is 8.07 Å². The maximum atomic E-state index is 3.91. The average Bonchev–Trinajstić information content (AvgIpc) is 2.90. The van der Waals surface area contributed by atoms with Crippen LogP contribution in [-0.4, -0.2) is 24.2 Å². The van der Waals surface area contributed by atoms with Crippen molar-refractivity contribution in [2.24, 2.45) is 0 Å². The molecule has 0 heterocycles. The molecule has 136 valence electrons. The standard InChI is InChI=1S/C13H15Si.2C4H11Si.Y/c1-14(2,13-10-6-7-11-13)12-8-4-3-5-9-12;2*1-5(2,3)4;/h3-11H,1-2H3;2*1H2,2-4H3;/q3*-1;+3. The van der Waals surface area contributed by atoms with Crippen LogP contribution in [0.2, 0.25) is 52.4 Å². The first-order chi connectivity index (χ1) is 10.7. The van der Waals surface area contributed by atoms with Gasteiger partial charge >= 0.3 is 32.7 Å². The number of hydrogen-bond donors (Lipinski definition) is 0. The van der Waals surface area contributed by atoms with Crippen LogP contribution in [0.4, 0.5) is 0 Å². The van der Waals surface area contributed by atoms with Gasteiger partial charge in [-0.1, -0.05) is 87.9 Å². The van der Waals surface area contributed by atoms with Crippen molar-refractivity contribution in [1.82, 2.24) is 0 Å². The number of benzene rings is 1. The van der Waals surface area contributed by atoms with E-state index in [4.69, 9.17) is 0 Å². The Morgan fingerprint density at radius 1 is 0.640 bits per heavy atom. The van der Waals surface area contributed by atoms with Gasteiger partial charge in [-0.3, -0.25) is 0 Å². The second-order valence-electron chi connectivity index (χ2n) is 9.29. The first kappa shape index (κ1) is 27.5. The van der Waals surface area contributed by atoms with E-state index in [1.807, 2.05) is 0 Å². The normalized spacial score (nSPS) is 11.3. The molecule has 0 spiro atoms. The van der Waals surface area contributed by atoms with Gasteiger partial charge in [-0.2, -0.15) is 17.3 Å². The molecular formula is C21H37Si3Y. The van der Waals surface area contributed by atoms with E-state index in [0.717, 1.165) is 0 Å². The second kappa shape index (κ2) is 11.9. The van der Waals surface area contributed by atoms with Crippen molar-refractivity contribution in [3.05, 3.63) is 67.7 Å². The molecule has 0 aromatic heterocycles. The van der Waals surface area contributed by atoms with E-state index in [1.54, 1.807) is 0 Å². The van der Waals surface area contributed by atoms with Gasteiger partial charge in [-0.15, -0.1) is 16.1 Å². The predicted octanol–water partition coefficient (Wildman–Crippen LogP) is 5.62. The molecule has 0 fully saturated rings. The van der Waals surface area contributed by atoms with Gasteiger partial charge in [0.2, 0.25) is 0 Å². The molecule has 0 N–H and O–H groups in total. The Morgan fingerprint density at radius 2 is 0.960 bits per heavy atom. The van der Waals surface area contributed by atoms with Crippen molar-refractivity contribution >= 4 is 34.6 Å². The van der Waals surface area contributed by atoms with E-state index in [-0.39, 0.29) is 32.7 Å². The smallest absolute Gasteiger partial charge is 0.342 e. The summed E-state index contributed by atoms with van der Waals surface area (Å²) >= 11 is 0. The van der Waals surface area contributed by atoms with Crippen LogP contribution in [0.1, 0.15) is 0 Å². The van der Waals surface area contributed by atoms with Crippen LogP contribution in [-0.2, 0) is 32.7 Å². The summed E-state index contributed by atoms with van der Waals surface area (Å²) in [4.78, 5) is 0. The van der Waals surface area contributed by atoms with Crippen LogP contribution in [0.3, 0.4) is 0 Å². The summed E-state index contributed by atoms with van der Waals surface area (Å²) in [5.41, 5.74) is 0. The Hall–Kier alpha value is 0.325. The Morgan fingerprint density at radius 3 is 1.28 bits per heavy atom. The maximum absolute atomic E-state index is 3.91. The fraction of sp³-hybridized carbons (Fsp3) is 0.381. The van der Waals surface area contributed by atoms with Crippen molar-refractivity contribution in [3.63, 3.8) is 0 Å². The SMILES string of the molecule is C[Si](C)(c1ccccc1)[c-]1cccc1.[CH2-][Si](C)(C)C.[CH2-][Si](C)(C)C.[Y+3]. The largest absolute Gasteiger partial charge is 3.00 e. The Kier molecular flexibility index (Phi) is 13.1. The minimum atomic E-state index is -1.40. The van der Waals surface area contributed by atoms with Gasteiger partial charge in [0.25, 0.3) is 0 Å². The molecule has 0 aliphatic carbocycles. The zero-order valence-corrected chi connectivity index (χ0v) is 23.5. The van der Waals surface area contributed by atoms with E-state index >= 15 is 0 Å². The third-order valence-corrected chi connectivity index (χ3v) is 6.43. The van der Waals surface area contributed by atoms with Gasteiger partial charge in [-0.25, -0.2) is 12.1 Å². The molecule has 0 bridgehead atoms. The van der Waals surface area contributed by atoms with Gasteiger partial charge < -0.3 is 13.1 Å². The molecule has 2 aromatic carbocycles. The maximum Gasteiger partial charge on any atom is 3.00 e. The van der Waals surface area contributed by atoms with Crippen LogP contribution in [0, 0.1) is 13.1 Å². The quantitative estimate of drug-likeness (QED) is 0.401. The van der Waals surface area contributed by atoms with Crippen LogP contribution in [0.15, 0.2) is 54.6 Å². The summed E-state index contributed by atoms with van der Waals surface area (Å²) in [6, 6.07) is 19.6. The molecule has 0 nitrogen and oxygen atoms in total. The fourth-order valence-corrected chi connectivity index (χ4v) is 4.20. The minimum absolute atomic E-state index is 0. The predicted molar refractivity (Wildman–Crippen MR) is 123 cm³/mol. The van der Waals surface area contributed by atoms with Gasteiger partial charge in [0, 0.05) is 0 Å². The van der Waals surface area contributed by atoms with Gasteiger partial charge in [0.15, 0.2) is 0 Å². The van der Waals surface area contributed by atoms with E-state index in [2.05, 4.69) is 120 Å². The van der Waals surface area contributed by atoms with Crippen LogP contribution >= 0.6 is 0 Å². The van der Waals surface area contributed by atoms with Crippen LogP contribution in [0.25, 0.3) is 0 Å². The zero-order chi connectivity index (χ0) is 19.0. The molecule has 0 amide bonds. The molecule has 0 unspecified atom stereocenters. The Bertz CT molecular complexity index is 523. The van der Waals surface area contributed by atoms with E-state index < -0.39 is 24.2 Å². The summed E-state index contributed by atoms with van der Waals surface area (Å²) in [7, 11) is -3.13. The Balaban J connectivity index is 0. The van der Waals surface area contributed by atoms with E-state index in [9.17, 15) is 0 Å². The molecule has 4 heteroatoms. The Labute approximate surface area is 186 Å². The molecular weight excluding hydrogens is 425 g/mol. The molecule has 2 rings (SSSR count). The monoisotopic (exact) mass is 462 g/mol. The summed E-state index contributed by atoms with van der Waals surface area (Å²) in [5, 5.41) is 3.02. The summed E-state index contributed by atoms with van der Waals surface area (Å²) in [5.74, 6) is 0. The van der Waals surface area contributed by atoms with Crippen molar-refractivity contribution in [2.45, 2.75) is 52.4 Å². The molecule has 0 aliphatic heterocycles. The van der Waals surface area contributed by atoms with Crippen LogP contribution in [0.5, 0.6) is 0 Å². The molecule has 25 heavy (non-hydrogen) atoms. The zero-order valence-electron chi connectivity index (χ0n) is 17.7. The molecule has 0 radical (unpaired) electrons. The molecule has 0 aliphatic rings. The third-order valence-electron chi connectivity index (χ3n) is 2.88. The summed E-state index contributed by atoms with van der Waals surface area (Å²) < 4.78 is 0. The molecule has 0 atom stereocenters. The van der Waals surface area contributed by atoms with Crippen molar-refractivity contribution in [3.8, 4) is 0 Å². The topological polar surface area (TPSA) is 0 Å². The van der Waals surface area contributed by atoms with E-state index in [1.165, 1.54) is 10.4 Å². The van der Waals surface area contributed by atoms with Gasteiger partial charge in [-0.05, 0) is 0 Å². The molecule has 0 saturated heterocycles. The van der Waals surface area contributed by atoms with Crippen molar-refractivity contribution in [2.75, 3.05) is 0 Å². The molecule has 0 saturated carbocycles. The first-order valence-electron chi connectivity index (χ1n) is 8.70. The third kappa shape index (κ3) is 16.2. The van der Waals surface area contributed by atoms with Gasteiger partial charge in [0.1, 0.15) is 0 Å². The first-order valence-corrected chi connectivity index (χ1v) is 19.1. The number of rotatable bonds is 2. The molecule has 2 aromatic rings. The summed E-state index contributed by atoms with van der Waals surface area (Å²) in [6.07, 6.45) is 0. The van der Waals surface area contributed by atoms with E-state index in [0.29, 0.717) is 0 Å². The number of hydrogen-bond acceptors (Lipinski definition) is 0. The minimum Gasteiger partial charge on any atom is -0.342 e. The van der Waals surface area contributed by atoms with Crippen LogP contribution < -0.4 is 10.4 Å². The second-order valence-corrected chi connectivity index (χ2v) is 23.9. The summed E-state index contributed by atoms with van der Waals surface area (Å²) in [6.45, 7) is 25.9. The fourth-order valence-electron chi connectivity index (χ4n) is 1.81. The average molecular weight is 463 g/mol.